The third-order valence-electron chi connectivity index (χ3n) is 2.44. The Kier molecular flexibility index (Phi) is 3.99. The van der Waals surface area contributed by atoms with Crippen molar-refractivity contribution in [3.05, 3.63) is 53.1 Å². The summed E-state index contributed by atoms with van der Waals surface area (Å²) in [4.78, 5) is 15.7. The summed E-state index contributed by atoms with van der Waals surface area (Å²) in [5.41, 5.74) is 1.04. The van der Waals surface area contributed by atoms with Crippen LogP contribution in [0.25, 0.3) is 0 Å². The second-order valence-electron chi connectivity index (χ2n) is 3.73. The maximum Gasteiger partial charge on any atom is 0.374 e. The molecular formula is C13H13ClN2O2. The van der Waals surface area contributed by atoms with E-state index in [1.54, 1.807) is 23.9 Å². The van der Waals surface area contributed by atoms with Gasteiger partial charge in [0.1, 0.15) is 0 Å². The fraction of sp³-hybridized carbons (Fsp3) is 0.231. The van der Waals surface area contributed by atoms with E-state index in [1.165, 1.54) is 0 Å². The number of rotatable bonds is 4. The predicted octanol–water partition coefficient (Wildman–Crippen LogP) is 2.76. The molecule has 1 heterocycles. The smallest absolute Gasteiger partial charge is 0.374 e. The van der Waals surface area contributed by atoms with E-state index in [4.69, 9.17) is 16.3 Å². The maximum atomic E-state index is 11.6. The van der Waals surface area contributed by atoms with Crippen molar-refractivity contribution >= 4 is 17.6 Å². The second kappa shape index (κ2) is 5.69. The first kappa shape index (κ1) is 12.6. The molecule has 2 aromatic rings. The minimum Gasteiger partial charge on any atom is -0.460 e. The number of imidazole rings is 1. The zero-order valence-electron chi connectivity index (χ0n) is 9.97. The van der Waals surface area contributed by atoms with Crippen LogP contribution in [0.5, 0.6) is 0 Å². The molecule has 0 aliphatic rings. The van der Waals surface area contributed by atoms with E-state index < -0.39 is 5.97 Å². The Morgan fingerprint density at radius 2 is 2.11 bits per heavy atom. The maximum absolute atomic E-state index is 11.6. The molecule has 2 rings (SSSR count). The normalized spacial score (nSPS) is 10.3. The van der Waals surface area contributed by atoms with Gasteiger partial charge in [-0.3, -0.25) is 0 Å². The van der Waals surface area contributed by atoms with Crippen molar-refractivity contribution in [2.75, 3.05) is 6.61 Å². The van der Waals surface area contributed by atoms with Gasteiger partial charge in [-0.15, -0.1) is 0 Å². The van der Waals surface area contributed by atoms with Crippen LogP contribution >= 0.6 is 11.6 Å². The van der Waals surface area contributed by atoms with Crippen LogP contribution in [0, 0.1) is 0 Å². The molecule has 0 aliphatic heterocycles. The molecule has 0 radical (unpaired) electrons. The minimum absolute atomic E-state index is 0.312. The Hall–Kier alpha value is -1.81. The van der Waals surface area contributed by atoms with E-state index in [0.717, 1.165) is 5.56 Å². The molecule has 0 spiro atoms. The molecule has 18 heavy (non-hydrogen) atoms. The zero-order valence-corrected chi connectivity index (χ0v) is 10.7. The van der Waals surface area contributed by atoms with Crippen LogP contribution in [-0.4, -0.2) is 22.1 Å². The molecule has 0 unspecified atom stereocenters. The minimum atomic E-state index is -0.406. The molecular weight excluding hydrogens is 252 g/mol. The summed E-state index contributed by atoms with van der Waals surface area (Å²) in [7, 11) is 0. The first-order valence-corrected chi connectivity index (χ1v) is 6.01. The summed E-state index contributed by atoms with van der Waals surface area (Å²) in [6.45, 7) is 2.67. The number of halogens is 1. The van der Waals surface area contributed by atoms with Crippen molar-refractivity contribution in [3.8, 4) is 0 Å². The molecule has 0 aliphatic carbocycles. The van der Waals surface area contributed by atoms with Crippen LogP contribution in [0.1, 0.15) is 23.1 Å². The second-order valence-corrected chi connectivity index (χ2v) is 4.16. The summed E-state index contributed by atoms with van der Waals surface area (Å²) < 4.78 is 6.69. The monoisotopic (exact) mass is 264 g/mol. The first-order valence-electron chi connectivity index (χ1n) is 5.63. The van der Waals surface area contributed by atoms with E-state index in [1.807, 2.05) is 24.3 Å². The van der Waals surface area contributed by atoms with E-state index in [2.05, 4.69) is 4.98 Å². The molecule has 1 aromatic heterocycles. The van der Waals surface area contributed by atoms with Crippen molar-refractivity contribution in [2.24, 2.45) is 0 Å². The molecule has 4 nitrogen and oxygen atoms in total. The third kappa shape index (κ3) is 2.90. The van der Waals surface area contributed by atoms with Gasteiger partial charge in [-0.05, 0) is 24.6 Å². The van der Waals surface area contributed by atoms with E-state index in [-0.39, 0.29) is 0 Å². The number of hydrogen-bond donors (Lipinski definition) is 0. The predicted molar refractivity (Wildman–Crippen MR) is 68.7 cm³/mol. The molecule has 0 bridgehead atoms. The van der Waals surface area contributed by atoms with Crippen LogP contribution in [0.15, 0.2) is 36.7 Å². The van der Waals surface area contributed by atoms with Crippen molar-refractivity contribution in [3.63, 3.8) is 0 Å². The average Bonchev–Trinajstić information content (AvgIpc) is 2.81. The van der Waals surface area contributed by atoms with Crippen LogP contribution in [0.3, 0.4) is 0 Å². The number of aromatic nitrogens is 2. The molecule has 0 saturated heterocycles. The van der Waals surface area contributed by atoms with Gasteiger partial charge in [0.15, 0.2) is 0 Å². The van der Waals surface area contributed by atoms with Crippen molar-refractivity contribution in [1.29, 1.82) is 0 Å². The Balaban J connectivity index is 2.17. The largest absolute Gasteiger partial charge is 0.460 e. The Bertz CT molecular complexity index is 534. The third-order valence-corrected chi connectivity index (χ3v) is 2.69. The summed E-state index contributed by atoms with van der Waals surface area (Å²) in [5, 5.41) is 0.690. The van der Waals surface area contributed by atoms with Crippen LogP contribution < -0.4 is 0 Å². The standard InChI is InChI=1S/C13H13ClN2O2/c1-2-18-13(17)12-15-7-8-16(12)9-10-3-5-11(14)6-4-10/h3-8H,2,9H2,1H3. The highest BCUT2D eigenvalue weighted by atomic mass is 35.5. The lowest BCUT2D eigenvalue weighted by Crippen LogP contribution is -2.13. The van der Waals surface area contributed by atoms with Crippen molar-refractivity contribution < 1.29 is 9.53 Å². The molecule has 0 N–H and O–H groups in total. The Labute approximate surface area is 110 Å². The highest BCUT2D eigenvalue weighted by molar-refractivity contribution is 6.30. The molecule has 1 aromatic carbocycles. The molecule has 0 saturated carbocycles. The Morgan fingerprint density at radius 3 is 2.78 bits per heavy atom. The van der Waals surface area contributed by atoms with Crippen LogP contribution in [0.4, 0.5) is 0 Å². The van der Waals surface area contributed by atoms with Gasteiger partial charge in [0, 0.05) is 24.0 Å². The molecule has 0 fully saturated rings. The van der Waals surface area contributed by atoms with Crippen LogP contribution in [-0.2, 0) is 11.3 Å². The molecule has 0 atom stereocenters. The van der Waals surface area contributed by atoms with E-state index >= 15 is 0 Å². The number of benzene rings is 1. The fourth-order valence-electron chi connectivity index (χ4n) is 1.61. The summed E-state index contributed by atoms with van der Waals surface area (Å²) >= 11 is 5.82. The van der Waals surface area contributed by atoms with Gasteiger partial charge in [-0.25, -0.2) is 9.78 Å². The first-order chi connectivity index (χ1) is 8.70. The highest BCUT2D eigenvalue weighted by Gasteiger charge is 2.13. The van der Waals surface area contributed by atoms with Gasteiger partial charge >= 0.3 is 5.97 Å². The Morgan fingerprint density at radius 1 is 1.39 bits per heavy atom. The molecule has 5 heteroatoms. The number of esters is 1. The van der Waals surface area contributed by atoms with E-state index in [9.17, 15) is 4.79 Å². The number of hydrogen-bond acceptors (Lipinski definition) is 3. The highest BCUT2D eigenvalue weighted by Crippen LogP contribution is 2.12. The van der Waals surface area contributed by atoms with Gasteiger partial charge < -0.3 is 9.30 Å². The number of carbonyl (C=O) groups is 1. The van der Waals surface area contributed by atoms with Crippen molar-refractivity contribution in [2.45, 2.75) is 13.5 Å². The average molecular weight is 265 g/mol. The van der Waals surface area contributed by atoms with Gasteiger partial charge in [0.05, 0.1) is 6.61 Å². The molecule has 0 amide bonds. The quantitative estimate of drug-likeness (QED) is 0.798. The summed E-state index contributed by atoms with van der Waals surface area (Å²) in [6.07, 6.45) is 3.34. The SMILES string of the molecule is CCOC(=O)c1nccn1Cc1ccc(Cl)cc1. The lowest BCUT2D eigenvalue weighted by Gasteiger charge is -2.07. The fourth-order valence-corrected chi connectivity index (χ4v) is 1.73. The number of carbonyl (C=O) groups excluding carboxylic acids is 1. The number of nitrogens with zero attached hydrogens (tertiary/aromatic N) is 2. The zero-order chi connectivity index (χ0) is 13.0. The lowest BCUT2D eigenvalue weighted by atomic mass is 10.2. The molecule has 94 valence electrons. The topological polar surface area (TPSA) is 44.1 Å². The van der Waals surface area contributed by atoms with Gasteiger partial charge in [-0.1, -0.05) is 23.7 Å². The number of ether oxygens (including phenoxy) is 1. The van der Waals surface area contributed by atoms with Crippen molar-refractivity contribution in [1.82, 2.24) is 9.55 Å². The van der Waals surface area contributed by atoms with Crippen LogP contribution in [0.2, 0.25) is 5.02 Å². The lowest BCUT2D eigenvalue weighted by molar-refractivity contribution is 0.0507. The van der Waals surface area contributed by atoms with Gasteiger partial charge in [0.2, 0.25) is 5.82 Å². The van der Waals surface area contributed by atoms with Gasteiger partial charge in [-0.2, -0.15) is 0 Å². The summed E-state index contributed by atoms with van der Waals surface area (Å²) in [5.74, 6) is -0.0942. The van der Waals surface area contributed by atoms with E-state index in [0.29, 0.717) is 24.0 Å². The summed E-state index contributed by atoms with van der Waals surface area (Å²) in [6, 6.07) is 7.46. The van der Waals surface area contributed by atoms with Gasteiger partial charge in [0.25, 0.3) is 0 Å².